The number of amides is 1. The van der Waals surface area contributed by atoms with E-state index < -0.39 is 12.1 Å². The molecule has 0 radical (unpaired) electrons. The van der Waals surface area contributed by atoms with Gasteiger partial charge in [-0.3, -0.25) is 4.79 Å². The second kappa shape index (κ2) is 8.86. The molecule has 0 unspecified atom stereocenters. The molecular formula is C23H21NO4. The second-order valence-electron chi connectivity index (χ2n) is 6.34. The fourth-order valence-electron chi connectivity index (χ4n) is 2.45. The summed E-state index contributed by atoms with van der Waals surface area (Å²) in [6.45, 7) is 3.50. The molecule has 0 aliphatic heterocycles. The average Bonchev–Trinajstić information content (AvgIpc) is 2.71. The molecule has 1 N–H and O–H groups in total. The largest absolute Gasteiger partial charge is 0.457 e. The molecule has 0 heterocycles. The topological polar surface area (TPSA) is 64.6 Å². The minimum atomic E-state index is -0.922. The highest BCUT2D eigenvalue weighted by molar-refractivity contribution is 5.97. The number of rotatable bonds is 6. The lowest BCUT2D eigenvalue weighted by atomic mass is 10.2. The Labute approximate surface area is 163 Å². The maximum atomic E-state index is 12.3. The van der Waals surface area contributed by atoms with E-state index in [0.717, 1.165) is 5.56 Å². The number of ether oxygens (including phenoxy) is 2. The van der Waals surface area contributed by atoms with Gasteiger partial charge in [-0.15, -0.1) is 0 Å². The lowest BCUT2D eigenvalue weighted by Crippen LogP contribution is -2.30. The smallest absolute Gasteiger partial charge is 0.338 e. The van der Waals surface area contributed by atoms with Crippen molar-refractivity contribution >= 4 is 17.6 Å². The number of hydrogen-bond donors (Lipinski definition) is 1. The third-order valence-electron chi connectivity index (χ3n) is 4.04. The van der Waals surface area contributed by atoms with Crippen molar-refractivity contribution in [3.05, 3.63) is 90.0 Å². The van der Waals surface area contributed by atoms with Crippen LogP contribution in [0.3, 0.4) is 0 Å². The number of carbonyl (C=O) groups excluding carboxylic acids is 2. The molecule has 0 saturated heterocycles. The SMILES string of the molecule is Cc1ccc(NC(=O)[C@H](C)OC(=O)c2ccc(Oc3ccccc3)cc2)cc1. The van der Waals surface area contributed by atoms with Crippen LogP contribution in [0.2, 0.25) is 0 Å². The van der Waals surface area contributed by atoms with Gasteiger partial charge in [0.2, 0.25) is 0 Å². The molecule has 0 aliphatic rings. The van der Waals surface area contributed by atoms with Gasteiger partial charge in [0.25, 0.3) is 5.91 Å². The van der Waals surface area contributed by atoms with Gasteiger partial charge in [0.1, 0.15) is 11.5 Å². The van der Waals surface area contributed by atoms with Crippen molar-refractivity contribution in [3.63, 3.8) is 0 Å². The van der Waals surface area contributed by atoms with Gasteiger partial charge < -0.3 is 14.8 Å². The maximum absolute atomic E-state index is 12.3. The van der Waals surface area contributed by atoms with Gasteiger partial charge in [-0.05, 0) is 62.4 Å². The highest BCUT2D eigenvalue weighted by atomic mass is 16.5. The molecule has 5 heteroatoms. The quantitative estimate of drug-likeness (QED) is 0.618. The first kappa shape index (κ1) is 19.2. The summed E-state index contributed by atoms with van der Waals surface area (Å²) in [6.07, 6.45) is -0.922. The normalized spacial score (nSPS) is 11.4. The number of hydrogen-bond acceptors (Lipinski definition) is 4. The summed E-state index contributed by atoms with van der Waals surface area (Å²) < 4.78 is 11.0. The van der Waals surface area contributed by atoms with Gasteiger partial charge in [-0.1, -0.05) is 35.9 Å². The summed E-state index contributed by atoms with van der Waals surface area (Å²) in [5.41, 5.74) is 2.09. The van der Waals surface area contributed by atoms with Crippen LogP contribution in [0.4, 0.5) is 5.69 Å². The predicted molar refractivity (Wildman–Crippen MR) is 108 cm³/mol. The zero-order chi connectivity index (χ0) is 19.9. The van der Waals surface area contributed by atoms with Crippen LogP contribution >= 0.6 is 0 Å². The van der Waals surface area contributed by atoms with Crippen molar-refractivity contribution in [2.75, 3.05) is 5.32 Å². The summed E-state index contributed by atoms with van der Waals surface area (Å²) >= 11 is 0. The van der Waals surface area contributed by atoms with E-state index in [2.05, 4.69) is 5.32 Å². The van der Waals surface area contributed by atoms with Crippen molar-refractivity contribution in [1.82, 2.24) is 0 Å². The van der Waals surface area contributed by atoms with Gasteiger partial charge in [-0.25, -0.2) is 4.79 Å². The standard InChI is InChI=1S/C23H21NO4/c1-16-8-12-19(13-9-16)24-22(25)17(2)27-23(26)18-10-14-21(15-11-18)28-20-6-4-3-5-7-20/h3-15,17H,1-2H3,(H,24,25)/t17-/m0/s1. The van der Waals surface area contributed by atoms with Gasteiger partial charge in [0.15, 0.2) is 6.10 Å². The van der Waals surface area contributed by atoms with E-state index in [9.17, 15) is 9.59 Å². The number of carbonyl (C=O) groups is 2. The van der Waals surface area contributed by atoms with Crippen molar-refractivity contribution < 1.29 is 19.1 Å². The molecule has 0 fully saturated rings. The molecule has 0 bridgehead atoms. The Hall–Kier alpha value is -3.60. The van der Waals surface area contributed by atoms with E-state index in [1.165, 1.54) is 6.92 Å². The summed E-state index contributed by atoms with van der Waals surface area (Å²) in [5, 5.41) is 2.73. The molecule has 5 nitrogen and oxygen atoms in total. The van der Waals surface area contributed by atoms with E-state index in [1.54, 1.807) is 36.4 Å². The van der Waals surface area contributed by atoms with Crippen LogP contribution < -0.4 is 10.1 Å². The molecule has 3 rings (SSSR count). The molecular weight excluding hydrogens is 354 g/mol. The van der Waals surface area contributed by atoms with Gasteiger partial charge >= 0.3 is 5.97 Å². The first-order valence-electron chi connectivity index (χ1n) is 8.93. The second-order valence-corrected chi connectivity index (χ2v) is 6.34. The lowest BCUT2D eigenvalue weighted by molar-refractivity contribution is -0.123. The van der Waals surface area contributed by atoms with Crippen molar-refractivity contribution in [2.45, 2.75) is 20.0 Å². The summed E-state index contributed by atoms with van der Waals surface area (Å²) in [4.78, 5) is 24.5. The number of para-hydroxylation sites is 1. The van der Waals surface area contributed by atoms with Gasteiger partial charge in [0, 0.05) is 5.69 Å². The molecule has 1 amide bonds. The van der Waals surface area contributed by atoms with E-state index >= 15 is 0 Å². The molecule has 0 aliphatic carbocycles. The fourth-order valence-corrected chi connectivity index (χ4v) is 2.45. The van der Waals surface area contributed by atoms with E-state index in [-0.39, 0.29) is 5.91 Å². The third kappa shape index (κ3) is 5.20. The molecule has 142 valence electrons. The average molecular weight is 375 g/mol. The molecule has 0 spiro atoms. The highest BCUT2D eigenvalue weighted by Crippen LogP contribution is 2.21. The first-order chi connectivity index (χ1) is 13.5. The zero-order valence-electron chi connectivity index (χ0n) is 15.7. The lowest BCUT2D eigenvalue weighted by Gasteiger charge is -2.14. The number of esters is 1. The van der Waals surface area contributed by atoms with Crippen LogP contribution in [0.25, 0.3) is 0 Å². The van der Waals surface area contributed by atoms with Crippen LogP contribution in [-0.2, 0) is 9.53 Å². The van der Waals surface area contributed by atoms with Crippen molar-refractivity contribution in [1.29, 1.82) is 0 Å². The maximum Gasteiger partial charge on any atom is 0.338 e. The fraction of sp³-hybridized carbons (Fsp3) is 0.130. The van der Waals surface area contributed by atoms with Gasteiger partial charge in [0.05, 0.1) is 5.56 Å². The third-order valence-corrected chi connectivity index (χ3v) is 4.04. The van der Waals surface area contributed by atoms with Gasteiger partial charge in [-0.2, -0.15) is 0 Å². The molecule has 28 heavy (non-hydrogen) atoms. The molecule has 0 saturated carbocycles. The summed E-state index contributed by atoms with van der Waals surface area (Å²) in [5.74, 6) is 0.353. The molecule has 3 aromatic rings. The number of anilines is 1. The van der Waals surface area contributed by atoms with Crippen molar-refractivity contribution in [3.8, 4) is 11.5 Å². The van der Waals surface area contributed by atoms with E-state index in [1.807, 2.05) is 49.4 Å². The summed E-state index contributed by atoms with van der Waals surface area (Å²) in [7, 11) is 0. The molecule has 1 atom stereocenters. The van der Waals surface area contributed by atoms with Crippen LogP contribution in [0, 0.1) is 6.92 Å². The Morgan fingerprint density at radius 1 is 0.821 bits per heavy atom. The number of aryl methyl sites for hydroxylation is 1. The monoisotopic (exact) mass is 375 g/mol. The van der Waals surface area contributed by atoms with Crippen LogP contribution in [0.5, 0.6) is 11.5 Å². The first-order valence-corrected chi connectivity index (χ1v) is 8.93. The Morgan fingerprint density at radius 2 is 1.43 bits per heavy atom. The Bertz CT molecular complexity index is 935. The molecule has 3 aromatic carbocycles. The zero-order valence-corrected chi connectivity index (χ0v) is 15.7. The predicted octanol–water partition coefficient (Wildman–Crippen LogP) is 4.97. The summed E-state index contributed by atoms with van der Waals surface area (Å²) in [6, 6.07) is 23.3. The van der Waals surface area contributed by atoms with E-state index in [0.29, 0.717) is 22.7 Å². The number of benzene rings is 3. The Morgan fingerprint density at radius 3 is 2.07 bits per heavy atom. The van der Waals surface area contributed by atoms with Crippen LogP contribution in [-0.4, -0.2) is 18.0 Å². The Balaban J connectivity index is 1.56. The minimum Gasteiger partial charge on any atom is -0.457 e. The van der Waals surface area contributed by atoms with Crippen molar-refractivity contribution in [2.24, 2.45) is 0 Å². The Kier molecular flexibility index (Phi) is 6.07. The number of nitrogens with one attached hydrogen (secondary N) is 1. The van der Waals surface area contributed by atoms with Crippen LogP contribution in [0.15, 0.2) is 78.9 Å². The van der Waals surface area contributed by atoms with Crippen LogP contribution in [0.1, 0.15) is 22.8 Å². The molecule has 0 aromatic heterocycles. The minimum absolute atomic E-state index is 0.343. The highest BCUT2D eigenvalue weighted by Gasteiger charge is 2.19. The van der Waals surface area contributed by atoms with E-state index in [4.69, 9.17) is 9.47 Å².